The van der Waals surface area contributed by atoms with Crippen LogP contribution in [0.15, 0.2) is 78.9 Å². The van der Waals surface area contributed by atoms with Gasteiger partial charge in [0.2, 0.25) is 21.8 Å². The predicted molar refractivity (Wildman–Crippen MR) is 154 cm³/mol. The van der Waals surface area contributed by atoms with Crippen molar-refractivity contribution in [3.8, 4) is 11.5 Å². The molecule has 2 amide bonds. The van der Waals surface area contributed by atoms with Crippen molar-refractivity contribution in [3.05, 3.63) is 90.0 Å². The molecule has 0 radical (unpaired) electrons. The molecule has 0 aromatic heterocycles. The first-order valence-electron chi connectivity index (χ1n) is 12.7. The Morgan fingerprint density at radius 2 is 1.46 bits per heavy atom. The van der Waals surface area contributed by atoms with Crippen molar-refractivity contribution in [2.45, 2.75) is 52.7 Å². The fourth-order valence-corrected chi connectivity index (χ4v) is 4.72. The van der Waals surface area contributed by atoms with Crippen LogP contribution in [-0.2, 0) is 26.2 Å². The predicted octanol–water partition coefficient (Wildman–Crippen LogP) is 4.89. The van der Waals surface area contributed by atoms with Crippen LogP contribution >= 0.6 is 0 Å². The molecule has 0 bridgehead atoms. The van der Waals surface area contributed by atoms with Gasteiger partial charge in [0.05, 0.1) is 11.9 Å². The second kappa shape index (κ2) is 12.3. The molecule has 3 aromatic rings. The van der Waals surface area contributed by atoms with Gasteiger partial charge >= 0.3 is 0 Å². The number of rotatable bonds is 10. The van der Waals surface area contributed by atoms with E-state index in [0.717, 1.165) is 21.7 Å². The molecular formula is C30H37N3O5S. The van der Waals surface area contributed by atoms with E-state index in [0.29, 0.717) is 17.2 Å². The van der Waals surface area contributed by atoms with Crippen LogP contribution in [0.1, 0.15) is 38.8 Å². The molecule has 39 heavy (non-hydrogen) atoms. The third-order valence-electron chi connectivity index (χ3n) is 5.92. The van der Waals surface area contributed by atoms with E-state index in [1.54, 1.807) is 31.2 Å². The third kappa shape index (κ3) is 8.85. The molecule has 0 aliphatic rings. The Kier molecular flexibility index (Phi) is 9.40. The Morgan fingerprint density at radius 3 is 2.00 bits per heavy atom. The first-order valence-corrected chi connectivity index (χ1v) is 14.6. The first kappa shape index (κ1) is 29.7. The SMILES string of the molecule is Cc1ccc(CN(C(=O)CN(c2ccc(Oc3ccccc3)cc2)S(C)(=O)=O)[C@H](C)C(=O)NC(C)(C)C)cc1. The zero-order chi connectivity index (χ0) is 28.8. The van der Waals surface area contributed by atoms with Gasteiger partial charge in [-0.05, 0) is 76.6 Å². The Labute approximate surface area is 231 Å². The minimum Gasteiger partial charge on any atom is -0.457 e. The van der Waals surface area contributed by atoms with E-state index < -0.39 is 34.1 Å². The molecule has 0 heterocycles. The highest BCUT2D eigenvalue weighted by Crippen LogP contribution is 2.26. The van der Waals surface area contributed by atoms with Gasteiger partial charge in [-0.25, -0.2) is 8.42 Å². The summed E-state index contributed by atoms with van der Waals surface area (Å²) in [6.07, 6.45) is 1.05. The molecular weight excluding hydrogens is 514 g/mol. The summed E-state index contributed by atoms with van der Waals surface area (Å²) >= 11 is 0. The second-order valence-electron chi connectivity index (χ2n) is 10.6. The van der Waals surface area contributed by atoms with E-state index in [1.165, 1.54) is 4.90 Å². The average Bonchev–Trinajstić information content (AvgIpc) is 2.86. The molecule has 1 atom stereocenters. The van der Waals surface area contributed by atoms with Gasteiger partial charge in [0.15, 0.2) is 0 Å². The summed E-state index contributed by atoms with van der Waals surface area (Å²) in [5, 5.41) is 2.91. The van der Waals surface area contributed by atoms with Crippen molar-refractivity contribution < 1.29 is 22.7 Å². The highest BCUT2D eigenvalue weighted by atomic mass is 32.2. The number of hydrogen-bond donors (Lipinski definition) is 1. The summed E-state index contributed by atoms with van der Waals surface area (Å²) in [5.74, 6) is 0.353. The summed E-state index contributed by atoms with van der Waals surface area (Å²) in [6, 6.07) is 22.5. The molecule has 3 aromatic carbocycles. The minimum atomic E-state index is -3.83. The van der Waals surface area contributed by atoms with Crippen LogP contribution in [0.5, 0.6) is 11.5 Å². The molecule has 0 aliphatic heterocycles. The smallest absolute Gasteiger partial charge is 0.244 e. The van der Waals surface area contributed by atoms with Gasteiger partial charge in [0, 0.05) is 12.1 Å². The lowest BCUT2D eigenvalue weighted by molar-refractivity contribution is -0.140. The number of ether oxygens (including phenoxy) is 1. The molecule has 0 unspecified atom stereocenters. The number of sulfonamides is 1. The highest BCUT2D eigenvalue weighted by molar-refractivity contribution is 7.92. The highest BCUT2D eigenvalue weighted by Gasteiger charge is 2.31. The van der Waals surface area contributed by atoms with Crippen LogP contribution in [0.2, 0.25) is 0 Å². The van der Waals surface area contributed by atoms with Crippen molar-refractivity contribution in [1.29, 1.82) is 0 Å². The van der Waals surface area contributed by atoms with E-state index in [-0.39, 0.29) is 12.5 Å². The molecule has 0 spiro atoms. The molecule has 1 N–H and O–H groups in total. The monoisotopic (exact) mass is 551 g/mol. The number of anilines is 1. The number of aryl methyl sites for hydroxylation is 1. The number of para-hydroxylation sites is 1. The van der Waals surface area contributed by atoms with Gasteiger partial charge in [-0.3, -0.25) is 13.9 Å². The van der Waals surface area contributed by atoms with Crippen LogP contribution in [0.3, 0.4) is 0 Å². The molecule has 0 aliphatic carbocycles. The Bertz CT molecular complexity index is 1370. The van der Waals surface area contributed by atoms with Crippen LogP contribution in [0.4, 0.5) is 5.69 Å². The van der Waals surface area contributed by atoms with Gasteiger partial charge in [-0.1, -0.05) is 48.0 Å². The summed E-state index contributed by atoms with van der Waals surface area (Å²) in [5.41, 5.74) is 1.72. The van der Waals surface area contributed by atoms with Crippen LogP contribution in [-0.4, -0.2) is 49.5 Å². The molecule has 0 saturated heterocycles. The van der Waals surface area contributed by atoms with Crippen molar-refractivity contribution in [2.24, 2.45) is 0 Å². The van der Waals surface area contributed by atoms with Gasteiger partial charge in [-0.2, -0.15) is 0 Å². The Morgan fingerprint density at radius 1 is 0.897 bits per heavy atom. The molecule has 3 rings (SSSR count). The average molecular weight is 552 g/mol. The van der Waals surface area contributed by atoms with E-state index in [2.05, 4.69) is 5.32 Å². The van der Waals surface area contributed by atoms with E-state index in [9.17, 15) is 18.0 Å². The molecule has 9 heteroatoms. The Balaban J connectivity index is 1.87. The number of benzene rings is 3. The second-order valence-corrected chi connectivity index (χ2v) is 12.5. The standard InChI is InChI=1S/C30H37N3O5S/c1-22-12-14-24(15-13-22)20-32(23(2)29(35)31-30(3,4)5)28(34)21-33(39(6,36)37)25-16-18-27(19-17-25)38-26-10-8-7-9-11-26/h7-19,23H,20-21H2,1-6H3,(H,31,35)/t23-/m1/s1. The minimum absolute atomic E-state index is 0.152. The van der Waals surface area contributed by atoms with Gasteiger partial charge in [-0.15, -0.1) is 0 Å². The lowest BCUT2D eigenvalue weighted by Crippen LogP contribution is -2.54. The number of carbonyl (C=O) groups is 2. The maximum Gasteiger partial charge on any atom is 0.244 e. The van der Waals surface area contributed by atoms with Crippen LogP contribution in [0, 0.1) is 6.92 Å². The van der Waals surface area contributed by atoms with Crippen LogP contribution < -0.4 is 14.4 Å². The summed E-state index contributed by atoms with van der Waals surface area (Å²) < 4.78 is 32.4. The Hall–Kier alpha value is -3.85. The quantitative estimate of drug-likeness (QED) is 0.387. The number of nitrogens with zero attached hydrogens (tertiary/aromatic N) is 2. The summed E-state index contributed by atoms with van der Waals surface area (Å²) in [4.78, 5) is 28.1. The number of carbonyl (C=O) groups excluding carboxylic acids is 2. The maximum atomic E-state index is 13.7. The van der Waals surface area contributed by atoms with Crippen LogP contribution in [0.25, 0.3) is 0 Å². The van der Waals surface area contributed by atoms with Gasteiger partial charge in [0.1, 0.15) is 24.1 Å². The number of hydrogen-bond acceptors (Lipinski definition) is 5. The van der Waals surface area contributed by atoms with Gasteiger partial charge in [0.25, 0.3) is 0 Å². The summed E-state index contributed by atoms with van der Waals surface area (Å²) in [7, 11) is -3.83. The lowest BCUT2D eigenvalue weighted by atomic mass is 10.1. The normalized spacial score (nSPS) is 12.4. The summed E-state index contributed by atoms with van der Waals surface area (Å²) in [6.45, 7) is 8.89. The fraction of sp³-hybridized carbons (Fsp3) is 0.333. The maximum absolute atomic E-state index is 13.7. The van der Waals surface area contributed by atoms with Crippen molar-refractivity contribution in [3.63, 3.8) is 0 Å². The molecule has 8 nitrogen and oxygen atoms in total. The fourth-order valence-electron chi connectivity index (χ4n) is 3.87. The van der Waals surface area contributed by atoms with E-state index >= 15 is 0 Å². The van der Waals surface area contributed by atoms with Crippen molar-refractivity contribution >= 4 is 27.5 Å². The zero-order valence-corrected chi connectivity index (χ0v) is 24.2. The van der Waals surface area contributed by atoms with E-state index in [1.807, 2.05) is 82.3 Å². The molecule has 0 fully saturated rings. The lowest BCUT2D eigenvalue weighted by Gasteiger charge is -2.33. The topological polar surface area (TPSA) is 96.0 Å². The van der Waals surface area contributed by atoms with Crippen molar-refractivity contribution in [2.75, 3.05) is 17.1 Å². The van der Waals surface area contributed by atoms with Gasteiger partial charge < -0.3 is 15.0 Å². The van der Waals surface area contributed by atoms with Crippen molar-refractivity contribution in [1.82, 2.24) is 10.2 Å². The molecule has 208 valence electrons. The van der Waals surface area contributed by atoms with E-state index in [4.69, 9.17) is 4.74 Å². The number of amides is 2. The number of nitrogens with one attached hydrogen (secondary N) is 1. The molecule has 0 saturated carbocycles. The largest absolute Gasteiger partial charge is 0.457 e. The first-order chi connectivity index (χ1) is 18.2. The zero-order valence-electron chi connectivity index (χ0n) is 23.3. The third-order valence-corrected chi connectivity index (χ3v) is 7.06.